The molecule has 1 aliphatic carbocycles. The molecule has 0 radical (unpaired) electrons. The average molecular weight is 399 g/mol. The van der Waals surface area contributed by atoms with Gasteiger partial charge < -0.3 is 4.74 Å². The highest BCUT2D eigenvalue weighted by atomic mass is 19.3. The Morgan fingerprint density at radius 1 is 1.28 bits per heavy atom. The fourth-order valence-corrected chi connectivity index (χ4v) is 3.40. The number of aromatic amines is 1. The number of alkyl halides is 2. The Balaban J connectivity index is 1.68. The molecule has 1 aromatic carbocycles. The Morgan fingerprint density at radius 2 is 2.00 bits per heavy atom. The number of carbonyl (C=O) groups is 1. The van der Waals surface area contributed by atoms with Crippen LogP contribution in [-0.2, 0) is 4.74 Å². The van der Waals surface area contributed by atoms with Crippen molar-refractivity contribution in [1.82, 2.24) is 14.6 Å². The van der Waals surface area contributed by atoms with E-state index >= 15 is 0 Å². The minimum Gasteiger partial charge on any atom is -0.462 e. The van der Waals surface area contributed by atoms with E-state index in [4.69, 9.17) is 4.74 Å². The van der Waals surface area contributed by atoms with E-state index in [0.717, 1.165) is 11.1 Å². The second kappa shape index (κ2) is 7.27. The molecule has 1 N–H and O–H groups in total. The number of ether oxygens (including phenoxy) is 1. The van der Waals surface area contributed by atoms with Crippen molar-refractivity contribution >= 4 is 17.2 Å². The zero-order valence-corrected chi connectivity index (χ0v) is 15.7. The lowest BCUT2D eigenvalue weighted by Crippen LogP contribution is -2.18. The number of fused-ring (bicyclic) bond motifs is 1. The van der Waals surface area contributed by atoms with Gasteiger partial charge in [-0.3, -0.25) is 9.89 Å². The van der Waals surface area contributed by atoms with Crippen LogP contribution in [0.5, 0.6) is 0 Å². The van der Waals surface area contributed by atoms with Gasteiger partial charge in [0.25, 0.3) is 11.5 Å². The minimum atomic E-state index is -2.63. The predicted molar refractivity (Wildman–Crippen MR) is 104 cm³/mol. The maximum absolute atomic E-state index is 13.3. The summed E-state index contributed by atoms with van der Waals surface area (Å²) in [6.45, 7) is 1.91. The summed E-state index contributed by atoms with van der Waals surface area (Å²) >= 11 is 0. The molecule has 0 aliphatic heterocycles. The van der Waals surface area contributed by atoms with Gasteiger partial charge in [-0.1, -0.05) is 30.3 Å². The quantitative estimate of drug-likeness (QED) is 0.671. The number of hydrogen-bond acceptors (Lipinski definition) is 4. The van der Waals surface area contributed by atoms with Crippen LogP contribution in [0.4, 0.5) is 8.78 Å². The van der Waals surface area contributed by atoms with Gasteiger partial charge in [0, 0.05) is 30.7 Å². The van der Waals surface area contributed by atoms with E-state index in [1.807, 2.05) is 12.1 Å². The highest BCUT2D eigenvalue weighted by Gasteiger charge is 2.31. The monoisotopic (exact) mass is 399 g/mol. The van der Waals surface area contributed by atoms with Gasteiger partial charge >= 0.3 is 5.97 Å². The van der Waals surface area contributed by atoms with E-state index in [2.05, 4.69) is 10.1 Å². The molecule has 0 bridgehead atoms. The summed E-state index contributed by atoms with van der Waals surface area (Å²) in [4.78, 5) is 28.9. The molecule has 0 fully saturated rings. The number of hydrogen-bond donors (Lipinski definition) is 1. The van der Waals surface area contributed by atoms with Crippen molar-refractivity contribution in [2.45, 2.75) is 32.1 Å². The van der Waals surface area contributed by atoms with Gasteiger partial charge in [-0.2, -0.15) is 0 Å². The first-order valence-electron chi connectivity index (χ1n) is 9.34. The van der Waals surface area contributed by atoms with Crippen LogP contribution < -0.4 is 5.56 Å². The first-order chi connectivity index (χ1) is 13.9. The van der Waals surface area contributed by atoms with Gasteiger partial charge in [0.05, 0.1) is 12.3 Å². The van der Waals surface area contributed by atoms with Crippen molar-refractivity contribution < 1.29 is 18.3 Å². The number of rotatable bonds is 4. The lowest BCUT2D eigenvalue weighted by Gasteiger charge is -2.21. The number of nitrogens with zero attached hydrogens (tertiary/aromatic N) is 2. The molecule has 2 aromatic heterocycles. The largest absolute Gasteiger partial charge is 0.462 e. The molecule has 150 valence electrons. The molecule has 6 nitrogen and oxygen atoms in total. The Morgan fingerprint density at radius 3 is 2.66 bits per heavy atom. The Bertz CT molecular complexity index is 1160. The van der Waals surface area contributed by atoms with Crippen molar-refractivity contribution in [1.29, 1.82) is 0 Å². The van der Waals surface area contributed by atoms with Gasteiger partial charge in [0.1, 0.15) is 5.56 Å². The van der Waals surface area contributed by atoms with E-state index in [1.165, 1.54) is 16.8 Å². The number of halogens is 2. The molecule has 0 spiro atoms. The van der Waals surface area contributed by atoms with E-state index in [9.17, 15) is 18.4 Å². The third kappa shape index (κ3) is 3.70. The Kier molecular flexibility index (Phi) is 4.77. The number of aromatic nitrogens is 3. The molecule has 4 rings (SSSR count). The highest BCUT2D eigenvalue weighted by molar-refractivity contribution is 5.95. The first-order valence-corrected chi connectivity index (χ1v) is 9.34. The summed E-state index contributed by atoms with van der Waals surface area (Å²) in [5, 5.41) is 2.71. The molecule has 3 aromatic rings. The van der Waals surface area contributed by atoms with Crippen LogP contribution in [0.25, 0.3) is 22.5 Å². The molecule has 1 aliphatic rings. The summed E-state index contributed by atoms with van der Waals surface area (Å²) in [6.07, 6.45) is 2.90. The minimum absolute atomic E-state index is 0.153. The second-order valence-corrected chi connectivity index (χ2v) is 6.91. The smallest absolute Gasteiger partial charge is 0.343 e. The topological polar surface area (TPSA) is 76.5 Å². The van der Waals surface area contributed by atoms with Crippen LogP contribution in [-0.4, -0.2) is 33.1 Å². The summed E-state index contributed by atoms with van der Waals surface area (Å²) in [7, 11) is 0. The third-order valence-corrected chi connectivity index (χ3v) is 4.95. The van der Waals surface area contributed by atoms with E-state index in [1.54, 1.807) is 25.1 Å². The van der Waals surface area contributed by atoms with Gasteiger partial charge in [0.15, 0.2) is 5.65 Å². The van der Waals surface area contributed by atoms with Crippen LogP contribution >= 0.6 is 0 Å². The van der Waals surface area contributed by atoms with Gasteiger partial charge in [-0.25, -0.2) is 23.1 Å². The van der Waals surface area contributed by atoms with Gasteiger partial charge in [0.2, 0.25) is 0 Å². The van der Waals surface area contributed by atoms with Crippen molar-refractivity contribution in [3.63, 3.8) is 0 Å². The molecular formula is C21H19F2N3O3. The molecule has 8 heteroatoms. The summed E-state index contributed by atoms with van der Waals surface area (Å²) < 4.78 is 32.9. The van der Waals surface area contributed by atoms with Crippen molar-refractivity contribution in [3.05, 3.63) is 64.1 Å². The highest BCUT2D eigenvalue weighted by Crippen LogP contribution is 2.36. The predicted octanol–water partition coefficient (Wildman–Crippen LogP) is 4.07. The number of allylic oxidation sites excluding steroid dienone is 2. The van der Waals surface area contributed by atoms with E-state index < -0.39 is 11.9 Å². The number of esters is 1. The molecule has 0 unspecified atom stereocenters. The van der Waals surface area contributed by atoms with Crippen LogP contribution in [0.3, 0.4) is 0 Å². The average Bonchev–Trinajstić information content (AvgIpc) is 3.13. The lowest BCUT2D eigenvalue weighted by atomic mass is 9.91. The van der Waals surface area contributed by atoms with Crippen LogP contribution in [0.2, 0.25) is 0 Å². The molecule has 29 heavy (non-hydrogen) atoms. The number of carbonyl (C=O) groups excluding carboxylic acids is 1. The molecule has 2 heterocycles. The normalized spacial score (nSPS) is 15.9. The van der Waals surface area contributed by atoms with E-state index in [0.29, 0.717) is 17.7 Å². The molecular weight excluding hydrogens is 380 g/mol. The van der Waals surface area contributed by atoms with Gasteiger partial charge in [-0.15, -0.1) is 0 Å². The number of benzene rings is 1. The zero-order valence-electron chi connectivity index (χ0n) is 15.7. The summed E-state index contributed by atoms with van der Waals surface area (Å²) in [5.41, 5.74) is 2.86. The maximum Gasteiger partial charge on any atom is 0.343 e. The number of nitrogens with one attached hydrogen (secondary N) is 1. The molecule has 0 atom stereocenters. The zero-order chi connectivity index (χ0) is 20.6. The lowest BCUT2D eigenvalue weighted by molar-refractivity contribution is -0.00603. The Labute approximate surface area is 164 Å². The fraction of sp³-hybridized carbons (Fsp3) is 0.286. The van der Waals surface area contributed by atoms with Crippen molar-refractivity contribution in [2.24, 2.45) is 0 Å². The fourth-order valence-electron chi connectivity index (χ4n) is 3.40. The third-order valence-electron chi connectivity index (χ3n) is 4.95. The summed E-state index contributed by atoms with van der Waals surface area (Å²) in [6, 6.07) is 8.61. The molecule has 0 amide bonds. The standard InChI is InChI=1S/C21H19F2N3O3/c1-2-29-20(28)16-12-24-26-18(27)11-17(25-19(16)26)15-5-3-13(4-6-15)14-7-9-21(22,23)10-8-14/h3-7,11-12,24H,2,8-10H2,1H3. The van der Waals surface area contributed by atoms with Crippen LogP contribution in [0.1, 0.15) is 42.1 Å². The van der Waals surface area contributed by atoms with E-state index in [-0.39, 0.29) is 36.2 Å². The Hall–Kier alpha value is -3.29. The number of H-pyrrole nitrogens is 1. The molecule has 0 saturated heterocycles. The van der Waals surface area contributed by atoms with Crippen molar-refractivity contribution in [2.75, 3.05) is 6.61 Å². The second-order valence-electron chi connectivity index (χ2n) is 6.91. The van der Waals surface area contributed by atoms with Crippen LogP contribution in [0.15, 0.2) is 47.4 Å². The van der Waals surface area contributed by atoms with Gasteiger partial charge in [-0.05, 0) is 24.5 Å². The van der Waals surface area contributed by atoms with Crippen LogP contribution in [0, 0.1) is 0 Å². The SMILES string of the molecule is CCOC(=O)c1c[nH]n2c(=O)cc(-c3ccc(C4=CCC(F)(F)CC4)cc3)nc12. The first kappa shape index (κ1) is 19.0. The van der Waals surface area contributed by atoms with Crippen molar-refractivity contribution in [3.8, 4) is 11.3 Å². The maximum atomic E-state index is 13.3. The summed E-state index contributed by atoms with van der Waals surface area (Å²) in [5.74, 6) is -3.19. The molecule has 0 saturated carbocycles.